The van der Waals surface area contributed by atoms with Crippen LogP contribution in [0.2, 0.25) is 0 Å². The highest BCUT2D eigenvalue weighted by atomic mass is 79.9. The Kier molecular flexibility index (Phi) is 3.87. The summed E-state index contributed by atoms with van der Waals surface area (Å²) >= 11 is 4.14. The fraction of sp³-hybridized carbons (Fsp3) is 0.0400. The van der Waals surface area contributed by atoms with Crippen molar-refractivity contribution in [3.8, 4) is 0 Å². The Morgan fingerprint density at radius 2 is 1.15 bits per heavy atom. The van der Waals surface area contributed by atoms with E-state index >= 15 is 0 Å². The lowest BCUT2D eigenvalue weighted by Crippen LogP contribution is -2.28. The van der Waals surface area contributed by atoms with E-state index in [1.165, 1.54) is 32.8 Å². The predicted octanol–water partition coefficient (Wildman–Crippen LogP) is 6.94. The number of nitrogens with zero attached hydrogens (tertiary/aromatic N) is 1. The molecule has 0 aliphatic carbocycles. The Morgan fingerprint density at radius 1 is 0.556 bits per heavy atom. The molecule has 5 aromatic rings. The Balaban J connectivity index is 1.85. The average Bonchev–Trinajstić information content (AvgIpc) is 3.19. The molecule has 27 heavy (non-hydrogen) atoms. The van der Waals surface area contributed by atoms with Crippen LogP contribution in [0.3, 0.4) is 0 Å². The molecule has 0 saturated heterocycles. The molecule has 4 aromatic carbocycles. The molecule has 0 fully saturated rings. The summed E-state index contributed by atoms with van der Waals surface area (Å²) in [5, 5.41) is 3.82. The van der Waals surface area contributed by atoms with Gasteiger partial charge in [0.25, 0.3) is 0 Å². The van der Waals surface area contributed by atoms with Crippen LogP contribution in [0.1, 0.15) is 11.1 Å². The highest BCUT2D eigenvalue weighted by Gasteiger charge is 2.34. The molecule has 130 valence electrons. The van der Waals surface area contributed by atoms with Gasteiger partial charge >= 0.3 is 0 Å². The molecule has 0 N–H and O–H groups in total. The smallest absolute Gasteiger partial charge is 0.150 e. The van der Waals surface area contributed by atoms with Crippen molar-refractivity contribution in [3.05, 3.63) is 120 Å². The molecule has 1 aromatic heterocycles. The Hall–Kier alpha value is -2.84. The van der Waals surface area contributed by atoms with Crippen molar-refractivity contribution >= 4 is 37.6 Å². The first-order valence-corrected chi connectivity index (χ1v) is 9.87. The topological polar surface area (TPSA) is 4.93 Å². The average molecular weight is 412 g/mol. The minimum Gasteiger partial charge on any atom is -0.324 e. The third-order valence-electron chi connectivity index (χ3n) is 5.24. The van der Waals surface area contributed by atoms with Gasteiger partial charge in [0.2, 0.25) is 0 Å². The van der Waals surface area contributed by atoms with Gasteiger partial charge in [0.05, 0.1) is 5.52 Å². The molecule has 0 unspecified atom stereocenters. The highest BCUT2D eigenvalue weighted by molar-refractivity contribution is 9.09. The fourth-order valence-corrected chi connectivity index (χ4v) is 4.77. The van der Waals surface area contributed by atoms with Crippen LogP contribution in [0.5, 0.6) is 0 Å². The normalized spacial score (nSPS) is 11.9. The first-order chi connectivity index (χ1) is 13.3. The van der Waals surface area contributed by atoms with E-state index in [1.54, 1.807) is 0 Å². The second-order valence-corrected chi connectivity index (χ2v) is 7.91. The van der Waals surface area contributed by atoms with E-state index in [9.17, 15) is 0 Å². The standard InChI is InChI=1S/C25H18BrN/c26-25(20-10-3-1-4-11-20,21-12-5-2-6-13-21)27-18-17-23-22-14-8-7-9-19(22)15-16-24(23)27/h1-18H. The van der Waals surface area contributed by atoms with Crippen LogP contribution in [0.25, 0.3) is 21.7 Å². The molecule has 1 heterocycles. The van der Waals surface area contributed by atoms with Gasteiger partial charge < -0.3 is 4.57 Å². The lowest BCUT2D eigenvalue weighted by atomic mass is 9.98. The van der Waals surface area contributed by atoms with Crippen LogP contribution >= 0.6 is 15.9 Å². The van der Waals surface area contributed by atoms with Crippen LogP contribution in [0, 0.1) is 0 Å². The van der Waals surface area contributed by atoms with Gasteiger partial charge in [0.1, 0.15) is 0 Å². The van der Waals surface area contributed by atoms with Crippen LogP contribution in [0.15, 0.2) is 109 Å². The SMILES string of the molecule is BrC(c1ccccc1)(c1ccccc1)n1ccc2c3ccccc3ccc21. The van der Waals surface area contributed by atoms with Crippen LogP contribution in [-0.2, 0) is 4.45 Å². The monoisotopic (exact) mass is 411 g/mol. The summed E-state index contributed by atoms with van der Waals surface area (Å²) < 4.78 is 1.86. The van der Waals surface area contributed by atoms with Crippen LogP contribution in [0.4, 0.5) is 0 Å². The number of alkyl halides is 1. The highest BCUT2D eigenvalue weighted by Crippen LogP contribution is 2.43. The molecule has 2 heteroatoms. The van der Waals surface area contributed by atoms with Crippen molar-refractivity contribution in [2.24, 2.45) is 0 Å². The number of fused-ring (bicyclic) bond motifs is 3. The van der Waals surface area contributed by atoms with Gasteiger partial charge in [-0.05, 0) is 34.0 Å². The first kappa shape index (κ1) is 16.3. The van der Waals surface area contributed by atoms with Crippen molar-refractivity contribution < 1.29 is 0 Å². The number of benzene rings is 4. The summed E-state index contributed by atoms with van der Waals surface area (Å²) in [6.07, 6.45) is 2.19. The third kappa shape index (κ3) is 2.52. The van der Waals surface area contributed by atoms with Gasteiger partial charge in [-0.1, -0.05) is 107 Å². The number of halogens is 1. The van der Waals surface area contributed by atoms with Crippen molar-refractivity contribution in [1.29, 1.82) is 0 Å². The molecule has 0 atom stereocenters. The zero-order chi connectivity index (χ0) is 18.3. The van der Waals surface area contributed by atoms with E-state index in [0.717, 1.165) is 0 Å². The number of aromatic nitrogens is 1. The lowest BCUT2D eigenvalue weighted by molar-refractivity contribution is 0.656. The summed E-state index contributed by atoms with van der Waals surface area (Å²) in [5.41, 5.74) is 3.60. The Morgan fingerprint density at radius 3 is 1.81 bits per heavy atom. The lowest BCUT2D eigenvalue weighted by Gasteiger charge is -2.32. The van der Waals surface area contributed by atoms with Crippen molar-refractivity contribution in [2.75, 3.05) is 0 Å². The zero-order valence-corrected chi connectivity index (χ0v) is 16.3. The summed E-state index contributed by atoms with van der Waals surface area (Å²) in [6.45, 7) is 0. The van der Waals surface area contributed by atoms with Gasteiger partial charge in [-0.2, -0.15) is 0 Å². The van der Waals surface area contributed by atoms with Crippen LogP contribution in [-0.4, -0.2) is 4.57 Å². The summed E-state index contributed by atoms with van der Waals surface area (Å²) in [4.78, 5) is 0. The van der Waals surface area contributed by atoms with E-state index in [1.807, 2.05) is 0 Å². The van der Waals surface area contributed by atoms with Gasteiger partial charge in [-0.3, -0.25) is 0 Å². The second-order valence-electron chi connectivity index (χ2n) is 6.76. The van der Waals surface area contributed by atoms with Crippen molar-refractivity contribution in [3.63, 3.8) is 0 Å². The molecule has 0 bridgehead atoms. The van der Waals surface area contributed by atoms with Gasteiger partial charge in [0.15, 0.2) is 4.45 Å². The van der Waals surface area contributed by atoms with E-state index in [2.05, 4.69) is 130 Å². The Bertz CT molecular complexity index is 1180. The molecule has 5 rings (SSSR count). The Labute approximate surface area is 167 Å². The van der Waals surface area contributed by atoms with E-state index in [-0.39, 0.29) is 0 Å². The first-order valence-electron chi connectivity index (χ1n) is 9.08. The zero-order valence-electron chi connectivity index (χ0n) is 14.7. The predicted molar refractivity (Wildman–Crippen MR) is 117 cm³/mol. The molecule has 0 amide bonds. The summed E-state index contributed by atoms with van der Waals surface area (Å²) in [6, 6.07) is 36.4. The fourth-order valence-electron chi connectivity index (χ4n) is 3.93. The quantitative estimate of drug-likeness (QED) is 0.283. The van der Waals surface area contributed by atoms with Crippen molar-refractivity contribution in [1.82, 2.24) is 4.57 Å². The maximum atomic E-state index is 4.14. The molecule has 0 radical (unpaired) electrons. The molecular formula is C25H18BrN. The minimum absolute atomic E-state index is 0.472. The maximum Gasteiger partial charge on any atom is 0.150 e. The third-order valence-corrected chi connectivity index (χ3v) is 6.54. The number of hydrogen-bond acceptors (Lipinski definition) is 0. The number of hydrogen-bond donors (Lipinski definition) is 0. The van der Waals surface area contributed by atoms with Crippen molar-refractivity contribution in [2.45, 2.75) is 4.45 Å². The van der Waals surface area contributed by atoms with Gasteiger partial charge in [-0.25, -0.2) is 0 Å². The van der Waals surface area contributed by atoms with E-state index in [4.69, 9.17) is 0 Å². The second kappa shape index (κ2) is 6.40. The summed E-state index contributed by atoms with van der Waals surface area (Å²) in [7, 11) is 0. The van der Waals surface area contributed by atoms with Gasteiger partial charge in [-0.15, -0.1) is 0 Å². The van der Waals surface area contributed by atoms with E-state index in [0.29, 0.717) is 0 Å². The number of rotatable bonds is 3. The molecule has 0 aliphatic rings. The molecule has 0 spiro atoms. The van der Waals surface area contributed by atoms with E-state index < -0.39 is 4.45 Å². The minimum atomic E-state index is -0.472. The largest absolute Gasteiger partial charge is 0.324 e. The molecule has 1 nitrogen and oxygen atoms in total. The van der Waals surface area contributed by atoms with Gasteiger partial charge in [0, 0.05) is 11.6 Å². The van der Waals surface area contributed by atoms with Crippen LogP contribution < -0.4 is 0 Å². The molecule has 0 saturated carbocycles. The molecule has 0 aliphatic heterocycles. The summed E-state index contributed by atoms with van der Waals surface area (Å²) in [5.74, 6) is 0. The maximum absolute atomic E-state index is 4.14. The molecular weight excluding hydrogens is 394 g/mol.